The normalized spacial score (nSPS) is 10.5. The van der Waals surface area contributed by atoms with Gasteiger partial charge in [-0.05, 0) is 18.1 Å². The Kier molecular flexibility index (Phi) is 6.26. The number of nitrogens with one attached hydrogen (secondary N) is 1. The summed E-state index contributed by atoms with van der Waals surface area (Å²) in [6, 6.07) is 10.1. The summed E-state index contributed by atoms with van der Waals surface area (Å²) in [7, 11) is 0. The largest absolute Gasteiger partial charge is 0.395 e. The van der Waals surface area contributed by atoms with E-state index < -0.39 is 17.7 Å². The fourth-order valence-electron chi connectivity index (χ4n) is 2.44. The van der Waals surface area contributed by atoms with E-state index in [4.69, 9.17) is 5.11 Å². The van der Waals surface area contributed by atoms with Crippen molar-refractivity contribution in [2.45, 2.75) is 13.3 Å². The Bertz CT molecular complexity index is 687. The molecule has 0 aliphatic heterocycles. The molecule has 0 atom stereocenters. The second kappa shape index (κ2) is 8.40. The molecule has 2 aromatic rings. The maximum Gasteiger partial charge on any atom is 0.322 e. The first-order valence-electron chi connectivity index (χ1n) is 7.78. The molecule has 0 heterocycles. The van der Waals surface area contributed by atoms with Gasteiger partial charge in [0.25, 0.3) is 0 Å². The molecule has 2 amide bonds. The fourth-order valence-corrected chi connectivity index (χ4v) is 2.44. The number of carbonyl (C=O) groups excluding carboxylic acids is 1. The van der Waals surface area contributed by atoms with E-state index in [1.54, 1.807) is 30.3 Å². The molecule has 6 heteroatoms. The molecule has 2 rings (SSSR count). The number of benzene rings is 2. The standard InChI is InChI=1S/C18H20F2N2O2/c1-2-8-22(9-10-23)18(24)21-17-15(11-14(19)12-16(17)20)13-6-4-3-5-7-13/h3-7,11-12,23H,2,8-10H2,1H3,(H,21,24). The van der Waals surface area contributed by atoms with Crippen LogP contribution in [0.3, 0.4) is 0 Å². The Morgan fingerprint density at radius 2 is 1.88 bits per heavy atom. The highest BCUT2D eigenvalue weighted by molar-refractivity contribution is 5.94. The Balaban J connectivity index is 2.37. The predicted molar refractivity (Wildman–Crippen MR) is 89.8 cm³/mol. The van der Waals surface area contributed by atoms with Crippen molar-refractivity contribution in [1.82, 2.24) is 4.90 Å². The highest BCUT2D eigenvalue weighted by Gasteiger charge is 2.18. The van der Waals surface area contributed by atoms with Crippen molar-refractivity contribution in [2.24, 2.45) is 0 Å². The highest BCUT2D eigenvalue weighted by atomic mass is 19.1. The summed E-state index contributed by atoms with van der Waals surface area (Å²) in [4.78, 5) is 13.7. The molecule has 0 bridgehead atoms. The molecule has 24 heavy (non-hydrogen) atoms. The van der Waals surface area contributed by atoms with Crippen LogP contribution in [-0.4, -0.2) is 35.7 Å². The molecule has 0 radical (unpaired) electrons. The number of carbonyl (C=O) groups is 1. The van der Waals surface area contributed by atoms with E-state index in [0.717, 1.165) is 6.07 Å². The van der Waals surface area contributed by atoms with E-state index in [9.17, 15) is 13.6 Å². The highest BCUT2D eigenvalue weighted by Crippen LogP contribution is 2.31. The van der Waals surface area contributed by atoms with E-state index >= 15 is 0 Å². The van der Waals surface area contributed by atoms with Crippen molar-refractivity contribution in [1.29, 1.82) is 0 Å². The van der Waals surface area contributed by atoms with Crippen LogP contribution in [0.1, 0.15) is 13.3 Å². The third-order valence-corrected chi connectivity index (χ3v) is 3.52. The zero-order valence-corrected chi connectivity index (χ0v) is 13.4. The molecule has 2 aromatic carbocycles. The van der Waals surface area contributed by atoms with Gasteiger partial charge in [-0.2, -0.15) is 0 Å². The first-order valence-corrected chi connectivity index (χ1v) is 7.78. The molecule has 0 saturated heterocycles. The lowest BCUT2D eigenvalue weighted by atomic mass is 10.0. The number of urea groups is 1. The van der Waals surface area contributed by atoms with Crippen LogP contribution in [0.2, 0.25) is 0 Å². The van der Waals surface area contributed by atoms with E-state index in [-0.39, 0.29) is 24.4 Å². The topological polar surface area (TPSA) is 52.6 Å². The van der Waals surface area contributed by atoms with Gasteiger partial charge in [-0.1, -0.05) is 37.3 Å². The molecular weight excluding hydrogens is 314 g/mol. The fraction of sp³-hybridized carbons (Fsp3) is 0.278. The average Bonchev–Trinajstić information content (AvgIpc) is 2.57. The Morgan fingerprint density at radius 1 is 1.17 bits per heavy atom. The van der Waals surface area contributed by atoms with Crippen LogP contribution in [0.4, 0.5) is 19.3 Å². The quantitative estimate of drug-likeness (QED) is 0.843. The second-order valence-corrected chi connectivity index (χ2v) is 5.32. The summed E-state index contributed by atoms with van der Waals surface area (Å²) in [5.41, 5.74) is 0.781. The lowest BCUT2D eigenvalue weighted by molar-refractivity contribution is 0.188. The SMILES string of the molecule is CCCN(CCO)C(=O)Nc1c(F)cc(F)cc1-c1ccccc1. The second-order valence-electron chi connectivity index (χ2n) is 5.32. The molecular formula is C18H20F2N2O2. The number of amides is 2. The third-order valence-electron chi connectivity index (χ3n) is 3.52. The van der Waals surface area contributed by atoms with E-state index in [1.807, 2.05) is 6.92 Å². The number of hydrogen-bond donors (Lipinski definition) is 2. The Morgan fingerprint density at radius 3 is 2.50 bits per heavy atom. The summed E-state index contributed by atoms with van der Waals surface area (Å²) in [5.74, 6) is -1.56. The molecule has 128 valence electrons. The first-order chi connectivity index (χ1) is 11.6. The summed E-state index contributed by atoms with van der Waals surface area (Å²) >= 11 is 0. The maximum absolute atomic E-state index is 14.3. The van der Waals surface area contributed by atoms with Crippen LogP contribution in [0.5, 0.6) is 0 Å². The number of halogens is 2. The molecule has 0 saturated carbocycles. The monoisotopic (exact) mass is 334 g/mol. The van der Waals surface area contributed by atoms with Crippen LogP contribution < -0.4 is 5.32 Å². The molecule has 0 aliphatic carbocycles. The van der Waals surface area contributed by atoms with Crippen molar-refractivity contribution in [2.75, 3.05) is 25.0 Å². The lowest BCUT2D eigenvalue weighted by Gasteiger charge is -2.22. The van der Waals surface area contributed by atoms with Gasteiger partial charge < -0.3 is 15.3 Å². The van der Waals surface area contributed by atoms with Crippen molar-refractivity contribution < 1.29 is 18.7 Å². The minimum absolute atomic E-state index is 0.0772. The molecule has 0 spiro atoms. The third kappa shape index (κ3) is 4.29. The van der Waals surface area contributed by atoms with Crippen LogP contribution in [0, 0.1) is 11.6 Å². The average molecular weight is 334 g/mol. The minimum atomic E-state index is -0.845. The Hall–Kier alpha value is -2.47. The number of rotatable bonds is 6. The van der Waals surface area contributed by atoms with Crippen LogP contribution in [0.25, 0.3) is 11.1 Å². The molecule has 4 nitrogen and oxygen atoms in total. The lowest BCUT2D eigenvalue weighted by Crippen LogP contribution is -2.37. The Labute approximate surface area is 139 Å². The smallest absolute Gasteiger partial charge is 0.322 e. The van der Waals surface area contributed by atoms with Gasteiger partial charge in [0.1, 0.15) is 11.6 Å². The van der Waals surface area contributed by atoms with Gasteiger partial charge in [0.05, 0.1) is 12.3 Å². The molecule has 0 aromatic heterocycles. The number of anilines is 1. The number of aliphatic hydroxyl groups is 1. The molecule has 0 aliphatic rings. The first kappa shape index (κ1) is 17.9. The van der Waals surface area contributed by atoms with E-state index in [1.165, 1.54) is 11.0 Å². The van der Waals surface area contributed by atoms with Crippen LogP contribution in [-0.2, 0) is 0 Å². The van der Waals surface area contributed by atoms with Gasteiger partial charge >= 0.3 is 6.03 Å². The van der Waals surface area contributed by atoms with Crippen molar-refractivity contribution >= 4 is 11.7 Å². The van der Waals surface area contributed by atoms with E-state index in [0.29, 0.717) is 18.5 Å². The number of hydrogen-bond acceptors (Lipinski definition) is 2. The summed E-state index contributed by atoms with van der Waals surface area (Å²) in [6.07, 6.45) is 0.699. The van der Waals surface area contributed by atoms with Gasteiger partial charge in [-0.25, -0.2) is 13.6 Å². The molecule has 0 unspecified atom stereocenters. The van der Waals surface area contributed by atoms with Crippen LogP contribution >= 0.6 is 0 Å². The number of aliphatic hydroxyl groups excluding tert-OH is 1. The maximum atomic E-state index is 14.3. The van der Waals surface area contributed by atoms with Crippen molar-refractivity contribution in [3.05, 3.63) is 54.1 Å². The zero-order valence-electron chi connectivity index (χ0n) is 13.4. The summed E-state index contributed by atoms with van der Waals surface area (Å²) in [6.45, 7) is 2.27. The van der Waals surface area contributed by atoms with Gasteiger partial charge in [-0.3, -0.25) is 0 Å². The van der Waals surface area contributed by atoms with Gasteiger partial charge in [0.2, 0.25) is 0 Å². The van der Waals surface area contributed by atoms with Gasteiger partial charge in [0, 0.05) is 24.7 Å². The predicted octanol–water partition coefficient (Wildman–Crippen LogP) is 3.87. The van der Waals surface area contributed by atoms with Gasteiger partial charge in [0.15, 0.2) is 0 Å². The van der Waals surface area contributed by atoms with Crippen LogP contribution in [0.15, 0.2) is 42.5 Å². The summed E-state index contributed by atoms with van der Waals surface area (Å²) < 4.78 is 27.9. The number of nitrogens with zero attached hydrogens (tertiary/aromatic N) is 1. The minimum Gasteiger partial charge on any atom is -0.395 e. The summed E-state index contributed by atoms with van der Waals surface area (Å²) in [5, 5.41) is 11.6. The van der Waals surface area contributed by atoms with E-state index in [2.05, 4.69) is 5.32 Å². The van der Waals surface area contributed by atoms with Crippen molar-refractivity contribution in [3.8, 4) is 11.1 Å². The van der Waals surface area contributed by atoms with Crippen molar-refractivity contribution in [3.63, 3.8) is 0 Å². The molecule has 0 fully saturated rings. The van der Waals surface area contributed by atoms with Gasteiger partial charge in [-0.15, -0.1) is 0 Å². The zero-order chi connectivity index (χ0) is 17.5. The molecule has 2 N–H and O–H groups in total.